The van der Waals surface area contributed by atoms with Crippen LogP contribution < -0.4 is 0 Å². The summed E-state index contributed by atoms with van der Waals surface area (Å²) in [6.07, 6.45) is 0. The summed E-state index contributed by atoms with van der Waals surface area (Å²) in [5.74, 6) is 2.26. The van der Waals surface area contributed by atoms with Crippen LogP contribution in [0.15, 0.2) is 162 Å². The monoisotopic (exact) mass is 590 g/mol. The predicted octanol–water partition coefficient (Wildman–Crippen LogP) is 10.4. The molecule has 6 aromatic carbocycles. The molecule has 0 unspecified atom stereocenters. The van der Waals surface area contributed by atoms with Gasteiger partial charge in [-0.05, 0) is 59.7 Å². The highest BCUT2D eigenvalue weighted by Gasteiger charge is 2.18. The van der Waals surface area contributed by atoms with Gasteiger partial charge < -0.3 is 8.98 Å². The minimum atomic E-state index is 0.491. The maximum Gasteiger partial charge on any atom is 0.199 e. The summed E-state index contributed by atoms with van der Waals surface area (Å²) >= 11 is 0. The minimum absolute atomic E-state index is 0.491. The average molecular weight is 591 g/mol. The van der Waals surface area contributed by atoms with Crippen molar-refractivity contribution in [2.75, 3.05) is 0 Å². The quantitative estimate of drug-likeness (QED) is 0.200. The molecule has 0 aliphatic carbocycles. The predicted molar refractivity (Wildman–Crippen MR) is 186 cm³/mol. The SMILES string of the molecule is c1ccc(-c2ccccc2-c2nc(-c3ccc(-n4c5ccccc5c5ccccc54)cc3)nc(-c3cc4ccccc4o3)n2)cc1. The fourth-order valence-electron chi connectivity index (χ4n) is 6.34. The van der Waals surface area contributed by atoms with Gasteiger partial charge >= 0.3 is 0 Å². The molecular weight excluding hydrogens is 564 g/mol. The highest BCUT2D eigenvalue weighted by molar-refractivity contribution is 6.09. The first-order valence-corrected chi connectivity index (χ1v) is 15.3. The van der Waals surface area contributed by atoms with Crippen molar-refractivity contribution in [1.82, 2.24) is 19.5 Å². The van der Waals surface area contributed by atoms with Gasteiger partial charge in [-0.1, -0.05) is 109 Å². The van der Waals surface area contributed by atoms with E-state index in [0.29, 0.717) is 23.2 Å². The van der Waals surface area contributed by atoms with Gasteiger partial charge in [0.1, 0.15) is 5.58 Å². The molecule has 9 aromatic rings. The summed E-state index contributed by atoms with van der Waals surface area (Å²) in [7, 11) is 0. The van der Waals surface area contributed by atoms with E-state index in [2.05, 4.69) is 102 Å². The van der Waals surface area contributed by atoms with Crippen LogP contribution in [0, 0.1) is 0 Å². The number of aromatic nitrogens is 4. The standard InChI is InChI=1S/C41H26N4O/c1-2-12-27(13-3-1)31-15-5-6-18-34(31)40-42-39(43-41(44-40)38-26-29-14-4-11-21-37(29)46-38)28-22-24-30(25-23-28)45-35-19-9-7-16-32(35)33-17-8-10-20-36(33)45/h1-26H. The molecule has 0 saturated carbocycles. The number of hydrogen-bond donors (Lipinski definition) is 0. The first-order chi connectivity index (χ1) is 22.8. The molecule has 0 atom stereocenters. The van der Waals surface area contributed by atoms with Crippen molar-refractivity contribution in [3.63, 3.8) is 0 Å². The van der Waals surface area contributed by atoms with Crippen LogP contribution >= 0.6 is 0 Å². The third kappa shape index (κ3) is 4.37. The zero-order valence-electron chi connectivity index (χ0n) is 24.7. The Balaban J connectivity index is 1.21. The Bertz CT molecular complexity index is 2440. The summed E-state index contributed by atoms with van der Waals surface area (Å²) in [5.41, 5.74) is 8.17. The topological polar surface area (TPSA) is 56.7 Å². The van der Waals surface area contributed by atoms with Gasteiger partial charge in [0, 0.05) is 33.0 Å². The Hall–Kier alpha value is -6.33. The van der Waals surface area contributed by atoms with Crippen LogP contribution in [0.5, 0.6) is 0 Å². The Morgan fingerprint density at radius 1 is 0.435 bits per heavy atom. The molecule has 216 valence electrons. The van der Waals surface area contributed by atoms with Gasteiger partial charge in [0.2, 0.25) is 0 Å². The number of benzene rings is 6. The van der Waals surface area contributed by atoms with E-state index >= 15 is 0 Å². The van der Waals surface area contributed by atoms with Gasteiger partial charge in [-0.2, -0.15) is 0 Å². The summed E-state index contributed by atoms with van der Waals surface area (Å²) in [6.45, 7) is 0. The third-order valence-electron chi connectivity index (χ3n) is 8.50. The molecule has 46 heavy (non-hydrogen) atoms. The van der Waals surface area contributed by atoms with Crippen molar-refractivity contribution in [3.8, 4) is 51.2 Å². The Kier molecular flexibility index (Phi) is 6.06. The van der Waals surface area contributed by atoms with Gasteiger partial charge in [0.15, 0.2) is 23.2 Å². The van der Waals surface area contributed by atoms with Crippen LogP contribution in [0.25, 0.3) is 83.9 Å². The zero-order valence-corrected chi connectivity index (χ0v) is 24.7. The smallest absolute Gasteiger partial charge is 0.199 e. The van der Waals surface area contributed by atoms with Crippen molar-refractivity contribution < 1.29 is 4.42 Å². The fourth-order valence-corrected chi connectivity index (χ4v) is 6.34. The van der Waals surface area contributed by atoms with Gasteiger partial charge in [-0.15, -0.1) is 0 Å². The minimum Gasteiger partial charge on any atom is -0.453 e. The number of hydrogen-bond acceptors (Lipinski definition) is 4. The summed E-state index contributed by atoms with van der Waals surface area (Å²) < 4.78 is 8.55. The molecule has 0 radical (unpaired) electrons. The van der Waals surface area contributed by atoms with Gasteiger partial charge in [-0.25, -0.2) is 15.0 Å². The second-order valence-electron chi connectivity index (χ2n) is 11.3. The van der Waals surface area contributed by atoms with E-state index in [1.54, 1.807) is 0 Å². The molecule has 5 nitrogen and oxygen atoms in total. The molecule has 0 bridgehead atoms. The summed E-state index contributed by atoms with van der Waals surface area (Å²) in [4.78, 5) is 15.0. The lowest BCUT2D eigenvalue weighted by Crippen LogP contribution is -2.01. The Labute approximate surface area is 265 Å². The van der Waals surface area contributed by atoms with Gasteiger partial charge in [-0.3, -0.25) is 0 Å². The molecule has 0 aliphatic rings. The number of rotatable bonds is 5. The molecule has 0 saturated heterocycles. The van der Waals surface area contributed by atoms with Crippen molar-refractivity contribution in [2.45, 2.75) is 0 Å². The second kappa shape index (κ2) is 10.7. The molecule has 0 aliphatic heterocycles. The molecule has 0 N–H and O–H groups in total. The van der Waals surface area contributed by atoms with Crippen LogP contribution in [0.1, 0.15) is 0 Å². The maximum atomic E-state index is 6.24. The molecular formula is C41H26N4O. The number of fused-ring (bicyclic) bond motifs is 4. The summed E-state index contributed by atoms with van der Waals surface area (Å²) in [6, 6.07) is 54.0. The highest BCUT2D eigenvalue weighted by Crippen LogP contribution is 2.35. The van der Waals surface area contributed by atoms with E-state index in [4.69, 9.17) is 19.4 Å². The third-order valence-corrected chi connectivity index (χ3v) is 8.50. The van der Waals surface area contributed by atoms with E-state index in [0.717, 1.165) is 38.9 Å². The van der Waals surface area contributed by atoms with Gasteiger partial charge in [0.25, 0.3) is 0 Å². The van der Waals surface area contributed by atoms with Crippen LogP contribution in [-0.4, -0.2) is 19.5 Å². The molecule has 9 rings (SSSR count). The lowest BCUT2D eigenvalue weighted by molar-refractivity contribution is 0.625. The first kappa shape index (κ1) is 26.1. The van der Waals surface area contributed by atoms with E-state index in [1.807, 2.05) is 60.7 Å². The van der Waals surface area contributed by atoms with Crippen LogP contribution in [0.3, 0.4) is 0 Å². The lowest BCUT2D eigenvalue weighted by atomic mass is 9.99. The molecule has 3 aromatic heterocycles. The maximum absolute atomic E-state index is 6.24. The van der Waals surface area contributed by atoms with E-state index < -0.39 is 0 Å². The van der Waals surface area contributed by atoms with Crippen molar-refractivity contribution in [2.24, 2.45) is 0 Å². The van der Waals surface area contributed by atoms with Crippen molar-refractivity contribution in [1.29, 1.82) is 0 Å². The largest absolute Gasteiger partial charge is 0.453 e. The second-order valence-corrected chi connectivity index (χ2v) is 11.3. The van der Waals surface area contributed by atoms with E-state index in [-0.39, 0.29) is 0 Å². The summed E-state index contributed by atoms with van der Waals surface area (Å²) in [5, 5.41) is 3.47. The molecule has 0 fully saturated rings. The number of nitrogens with zero attached hydrogens (tertiary/aromatic N) is 4. The number of para-hydroxylation sites is 3. The Morgan fingerprint density at radius 2 is 1.02 bits per heavy atom. The van der Waals surface area contributed by atoms with Crippen LogP contribution in [-0.2, 0) is 0 Å². The number of furan rings is 1. The Morgan fingerprint density at radius 3 is 1.76 bits per heavy atom. The normalized spacial score (nSPS) is 11.5. The fraction of sp³-hybridized carbons (Fsp3) is 0. The van der Waals surface area contributed by atoms with Crippen molar-refractivity contribution in [3.05, 3.63) is 158 Å². The molecule has 3 heterocycles. The molecule has 0 spiro atoms. The van der Waals surface area contributed by atoms with Crippen LogP contribution in [0.2, 0.25) is 0 Å². The first-order valence-electron chi connectivity index (χ1n) is 15.3. The van der Waals surface area contributed by atoms with E-state index in [9.17, 15) is 0 Å². The zero-order chi connectivity index (χ0) is 30.5. The lowest BCUT2D eigenvalue weighted by Gasteiger charge is -2.12. The van der Waals surface area contributed by atoms with E-state index in [1.165, 1.54) is 21.8 Å². The van der Waals surface area contributed by atoms with Crippen molar-refractivity contribution >= 4 is 32.8 Å². The molecule has 0 amide bonds. The highest BCUT2D eigenvalue weighted by atomic mass is 16.3. The van der Waals surface area contributed by atoms with Gasteiger partial charge in [0.05, 0.1) is 11.0 Å². The average Bonchev–Trinajstić information content (AvgIpc) is 3.72. The van der Waals surface area contributed by atoms with Crippen LogP contribution in [0.4, 0.5) is 0 Å². The molecule has 5 heteroatoms.